The van der Waals surface area contributed by atoms with Crippen molar-refractivity contribution in [2.45, 2.75) is 32.1 Å². The monoisotopic (exact) mass is 458 g/mol. The van der Waals surface area contributed by atoms with Gasteiger partial charge in [-0.15, -0.1) is 10.5 Å². The molecule has 4 heteroatoms. The zero-order valence-electron chi connectivity index (χ0n) is 19.5. The normalized spacial score (nSPS) is 10.2. The molecular formula is C31H26N2O2. The number of benzene rings is 4. The Morgan fingerprint density at radius 2 is 0.743 bits per heavy atom. The molecule has 0 atom stereocenters. The van der Waals surface area contributed by atoms with Crippen molar-refractivity contribution in [3.63, 3.8) is 0 Å². The van der Waals surface area contributed by atoms with E-state index < -0.39 is 0 Å². The lowest BCUT2D eigenvalue weighted by molar-refractivity contribution is 0.507. The lowest BCUT2D eigenvalue weighted by Crippen LogP contribution is -1.90. The van der Waals surface area contributed by atoms with E-state index in [1.165, 1.54) is 30.4 Å². The maximum atomic E-state index is 8.59. The van der Waals surface area contributed by atoms with Gasteiger partial charge in [0.15, 0.2) is 0 Å². The molecule has 4 rings (SSSR count). The summed E-state index contributed by atoms with van der Waals surface area (Å²) in [5.74, 6) is 1.11. The van der Waals surface area contributed by atoms with E-state index in [0.29, 0.717) is 11.5 Å². The second-order valence-corrected chi connectivity index (χ2v) is 8.39. The maximum absolute atomic E-state index is 8.59. The Labute approximate surface area is 206 Å². The Morgan fingerprint density at radius 3 is 1.06 bits per heavy atom. The van der Waals surface area contributed by atoms with Gasteiger partial charge in [0.1, 0.15) is 11.5 Å². The van der Waals surface area contributed by atoms with E-state index in [9.17, 15) is 0 Å². The molecule has 4 aromatic carbocycles. The first-order valence-corrected chi connectivity index (χ1v) is 11.8. The Balaban J connectivity index is 1.19. The number of unbranched alkanes of at least 4 members (excludes halogenated alkanes) is 2. The van der Waals surface area contributed by atoms with Crippen LogP contribution in [0.2, 0.25) is 0 Å². The van der Waals surface area contributed by atoms with Gasteiger partial charge in [0, 0.05) is 0 Å². The fourth-order valence-electron chi connectivity index (χ4n) is 4.10. The highest BCUT2D eigenvalue weighted by Crippen LogP contribution is 2.25. The van der Waals surface area contributed by atoms with Gasteiger partial charge < -0.3 is 9.47 Å². The minimum Gasteiger partial charge on any atom is -0.388 e. The summed E-state index contributed by atoms with van der Waals surface area (Å²) in [4.78, 5) is 0. The number of nitriles is 2. The van der Waals surface area contributed by atoms with Crippen molar-refractivity contribution in [3.05, 3.63) is 108 Å². The van der Waals surface area contributed by atoms with E-state index >= 15 is 0 Å². The Kier molecular flexibility index (Phi) is 8.14. The molecule has 0 unspecified atom stereocenters. The fourth-order valence-corrected chi connectivity index (χ4v) is 4.10. The van der Waals surface area contributed by atoms with E-state index in [0.717, 1.165) is 35.1 Å². The molecule has 0 heterocycles. The lowest BCUT2D eigenvalue weighted by atomic mass is 9.99. The van der Waals surface area contributed by atoms with Crippen LogP contribution in [0.5, 0.6) is 11.5 Å². The summed E-state index contributed by atoms with van der Waals surface area (Å²) < 4.78 is 9.67. The number of aryl methyl sites for hydroxylation is 2. The molecule has 4 aromatic rings. The number of ether oxygens (including phenoxy) is 2. The van der Waals surface area contributed by atoms with Crippen molar-refractivity contribution < 1.29 is 9.47 Å². The van der Waals surface area contributed by atoms with Gasteiger partial charge in [0.2, 0.25) is 0 Å². The summed E-state index contributed by atoms with van der Waals surface area (Å²) in [6, 6.07) is 32.5. The van der Waals surface area contributed by atoms with Gasteiger partial charge in [-0.25, -0.2) is 0 Å². The molecule has 0 radical (unpaired) electrons. The molecular weight excluding hydrogens is 432 g/mol. The highest BCUT2D eigenvalue weighted by molar-refractivity contribution is 5.65. The molecule has 0 fully saturated rings. The standard InChI is InChI=1S/C31H26N2O2/c32-22-34-30-18-14-28(15-19-30)26-10-6-24(7-11-26)4-2-1-3-5-25-8-12-27(13-9-25)29-16-20-31(21-17-29)35-23-33/h6-21H,1-5H2. The van der Waals surface area contributed by atoms with Crippen molar-refractivity contribution in [2.75, 3.05) is 0 Å². The highest BCUT2D eigenvalue weighted by Gasteiger charge is 2.02. The Bertz CT molecular complexity index is 1190. The average Bonchev–Trinajstić information content (AvgIpc) is 2.91. The van der Waals surface area contributed by atoms with Crippen LogP contribution in [0.4, 0.5) is 0 Å². The minimum absolute atomic E-state index is 0.557. The van der Waals surface area contributed by atoms with Crippen LogP contribution in [-0.4, -0.2) is 0 Å². The first-order chi connectivity index (χ1) is 17.2. The molecule has 0 aromatic heterocycles. The molecule has 4 nitrogen and oxygen atoms in total. The van der Waals surface area contributed by atoms with Crippen molar-refractivity contribution in [2.24, 2.45) is 0 Å². The first-order valence-electron chi connectivity index (χ1n) is 11.8. The Morgan fingerprint density at radius 1 is 0.429 bits per heavy atom. The van der Waals surface area contributed by atoms with Crippen LogP contribution in [0.3, 0.4) is 0 Å². The molecule has 0 saturated carbocycles. The second kappa shape index (κ2) is 12.1. The van der Waals surface area contributed by atoms with Crippen LogP contribution in [0.1, 0.15) is 30.4 Å². The number of hydrogen-bond acceptors (Lipinski definition) is 4. The van der Waals surface area contributed by atoms with Crippen LogP contribution in [0.15, 0.2) is 97.1 Å². The zero-order chi connectivity index (χ0) is 24.3. The van der Waals surface area contributed by atoms with Crippen molar-refractivity contribution in [1.82, 2.24) is 0 Å². The topological polar surface area (TPSA) is 66.0 Å². The molecule has 0 amide bonds. The third-order valence-corrected chi connectivity index (χ3v) is 6.04. The first kappa shape index (κ1) is 23.6. The summed E-state index contributed by atoms with van der Waals surface area (Å²) in [5, 5.41) is 17.2. The van der Waals surface area contributed by atoms with E-state index in [-0.39, 0.29) is 0 Å². The summed E-state index contributed by atoms with van der Waals surface area (Å²) >= 11 is 0. The van der Waals surface area contributed by atoms with E-state index in [1.54, 1.807) is 12.5 Å². The minimum atomic E-state index is 0.557. The highest BCUT2D eigenvalue weighted by atomic mass is 16.5. The average molecular weight is 459 g/mol. The molecule has 35 heavy (non-hydrogen) atoms. The van der Waals surface area contributed by atoms with Gasteiger partial charge in [-0.2, -0.15) is 0 Å². The molecule has 0 aliphatic heterocycles. The molecule has 0 spiro atoms. The van der Waals surface area contributed by atoms with Gasteiger partial charge in [0.25, 0.3) is 12.5 Å². The van der Waals surface area contributed by atoms with Gasteiger partial charge in [-0.1, -0.05) is 79.2 Å². The molecule has 172 valence electrons. The van der Waals surface area contributed by atoms with E-state index in [2.05, 4.69) is 48.5 Å². The van der Waals surface area contributed by atoms with Gasteiger partial charge in [-0.3, -0.25) is 0 Å². The summed E-state index contributed by atoms with van der Waals surface area (Å²) in [7, 11) is 0. The summed E-state index contributed by atoms with van der Waals surface area (Å²) in [6.45, 7) is 0. The summed E-state index contributed by atoms with van der Waals surface area (Å²) in [5.41, 5.74) is 7.25. The number of rotatable bonds is 10. The molecule has 0 aliphatic rings. The molecule has 0 saturated heterocycles. The predicted molar refractivity (Wildman–Crippen MR) is 137 cm³/mol. The molecule has 0 N–H and O–H groups in total. The lowest BCUT2D eigenvalue weighted by Gasteiger charge is -2.07. The Hall–Kier alpha value is -4.54. The fraction of sp³-hybridized carbons (Fsp3) is 0.161. The van der Waals surface area contributed by atoms with E-state index in [4.69, 9.17) is 20.0 Å². The third kappa shape index (κ3) is 6.73. The number of nitrogens with zero attached hydrogens (tertiary/aromatic N) is 2. The van der Waals surface area contributed by atoms with E-state index in [1.807, 2.05) is 48.5 Å². The van der Waals surface area contributed by atoms with Crippen LogP contribution >= 0.6 is 0 Å². The summed E-state index contributed by atoms with van der Waals surface area (Å²) in [6.07, 6.45) is 9.10. The predicted octanol–water partition coefficient (Wildman–Crippen LogP) is 7.70. The third-order valence-electron chi connectivity index (χ3n) is 6.04. The second-order valence-electron chi connectivity index (χ2n) is 8.39. The SMILES string of the molecule is N#COc1ccc(-c2ccc(CCCCCc3ccc(-c4ccc(OC#N)cc4)cc3)cc2)cc1. The van der Waals surface area contributed by atoms with Gasteiger partial charge in [-0.05, 0) is 83.3 Å². The molecule has 0 aliphatic carbocycles. The largest absolute Gasteiger partial charge is 0.388 e. The van der Waals surface area contributed by atoms with Crippen LogP contribution in [0.25, 0.3) is 22.3 Å². The van der Waals surface area contributed by atoms with Crippen LogP contribution < -0.4 is 9.47 Å². The van der Waals surface area contributed by atoms with Crippen LogP contribution in [0, 0.1) is 23.0 Å². The maximum Gasteiger partial charge on any atom is 0.292 e. The number of hydrogen-bond donors (Lipinski definition) is 0. The van der Waals surface area contributed by atoms with Gasteiger partial charge >= 0.3 is 0 Å². The quantitative estimate of drug-likeness (QED) is 0.180. The molecule has 0 bridgehead atoms. The van der Waals surface area contributed by atoms with Gasteiger partial charge in [0.05, 0.1) is 0 Å². The van der Waals surface area contributed by atoms with Crippen LogP contribution in [-0.2, 0) is 12.8 Å². The zero-order valence-corrected chi connectivity index (χ0v) is 19.5. The van der Waals surface area contributed by atoms with Crippen molar-refractivity contribution >= 4 is 0 Å². The smallest absolute Gasteiger partial charge is 0.292 e. The van der Waals surface area contributed by atoms with Crippen molar-refractivity contribution in [1.29, 1.82) is 10.5 Å². The van der Waals surface area contributed by atoms with Crippen molar-refractivity contribution in [3.8, 4) is 46.3 Å².